The van der Waals surface area contributed by atoms with Crippen LogP contribution in [0.5, 0.6) is 11.5 Å². The fourth-order valence-electron chi connectivity index (χ4n) is 2.60. The molecule has 0 saturated heterocycles. The van der Waals surface area contributed by atoms with Crippen molar-refractivity contribution in [3.63, 3.8) is 0 Å². The molecule has 3 aromatic carbocycles. The Morgan fingerprint density at radius 3 is 2.10 bits per heavy atom. The number of hydrogen-bond donors (Lipinski definition) is 2. The standard InChI is InChI=1S/C24H23N3O3/c1-17(2)19-10-8-18(9-11-19)16-25-27-24(29)23(28)26-20-12-14-22(15-13-20)30-21-6-4-3-5-7-21/h3-17H,1-2H3,(H,26,28)(H,27,29)/b25-16-. The summed E-state index contributed by atoms with van der Waals surface area (Å²) in [6, 6.07) is 23.9. The molecule has 0 saturated carbocycles. The van der Waals surface area contributed by atoms with E-state index in [-0.39, 0.29) is 0 Å². The van der Waals surface area contributed by atoms with Crippen LogP contribution >= 0.6 is 0 Å². The molecule has 0 heterocycles. The van der Waals surface area contributed by atoms with Crippen molar-refractivity contribution >= 4 is 23.7 Å². The van der Waals surface area contributed by atoms with E-state index in [1.165, 1.54) is 11.8 Å². The Balaban J connectivity index is 1.49. The summed E-state index contributed by atoms with van der Waals surface area (Å²) in [5.74, 6) is 0.120. The number of amides is 2. The summed E-state index contributed by atoms with van der Waals surface area (Å²) in [5.41, 5.74) is 4.75. The number of carbonyl (C=O) groups is 2. The van der Waals surface area contributed by atoms with Gasteiger partial charge < -0.3 is 10.1 Å². The molecule has 3 rings (SSSR count). The maximum atomic E-state index is 12.0. The number of hydrazone groups is 1. The first-order valence-corrected chi connectivity index (χ1v) is 9.58. The zero-order valence-corrected chi connectivity index (χ0v) is 16.8. The van der Waals surface area contributed by atoms with Gasteiger partial charge in [-0.2, -0.15) is 5.10 Å². The van der Waals surface area contributed by atoms with Crippen molar-refractivity contribution in [1.29, 1.82) is 0 Å². The van der Waals surface area contributed by atoms with Crippen LogP contribution in [-0.4, -0.2) is 18.0 Å². The van der Waals surface area contributed by atoms with Gasteiger partial charge in [-0.3, -0.25) is 9.59 Å². The molecule has 0 atom stereocenters. The number of anilines is 1. The van der Waals surface area contributed by atoms with E-state index < -0.39 is 11.8 Å². The van der Waals surface area contributed by atoms with Gasteiger partial charge in [-0.05, 0) is 53.4 Å². The lowest BCUT2D eigenvalue weighted by Gasteiger charge is -2.07. The van der Waals surface area contributed by atoms with Crippen molar-refractivity contribution in [2.45, 2.75) is 19.8 Å². The normalized spacial score (nSPS) is 10.8. The molecule has 0 bridgehead atoms. The van der Waals surface area contributed by atoms with Crippen LogP contribution in [0.25, 0.3) is 0 Å². The molecule has 2 amide bonds. The molecule has 0 unspecified atom stereocenters. The predicted octanol–water partition coefficient (Wildman–Crippen LogP) is 4.69. The molecular weight excluding hydrogens is 378 g/mol. The third-order valence-corrected chi connectivity index (χ3v) is 4.28. The summed E-state index contributed by atoms with van der Waals surface area (Å²) in [4.78, 5) is 23.9. The van der Waals surface area contributed by atoms with Gasteiger partial charge >= 0.3 is 11.8 Å². The van der Waals surface area contributed by atoms with E-state index in [9.17, 15) is 9.59 Å². The van der Waals surface area contributed by atoms with Gasteiger partial charge in [-0.1, -0.05) is 56.3 Å². The maximum Gasteiger partial charge on any atom is 0.329 e. The smallest absolute Gasteiger partial charge is 0.329 e. The molecule has 3 aromatic rings. The summed E-state index contributed by atoms with van der Waals surface area (Å²) >= 11 is 0. The average molecular weight is 401 g/mol. The number of para-hydroxylation sites is 1. The van der Waals surface area contributed by atoms with Crippen LogP contribution in [0.2, 0.25) is 0 Å². The van der Waals surface area contributed by atoms with E-state index in [4.69, 9.17) is 4.74 Å². The molecule has 0 aliphatic carbocycles. The Kier molecular flexibility index (Phi) is 6.95. The van der Waals surface area contributed by atoms with E-state index in [1.54, 1.807) is 24.3 Å². The molecule has 0 fully saturated rings. The zero-order chi connectivity index (χ0) is 21.3. The fraction of sp³-hybridized carbons (Fsp3) is 0.125. The molecule has 0 aromatic heterocycles. The van der Waals surface area contributed by atoms with Crippen LogP contribution in [0.3, 0.4) is 0 Å². The van der Waals surface area contributed by atoms with Crippen LogP contribution in [0.1, 0.15) is 30.9 Å². The largest absolute Gasteiger partial charge is 0.457 e. The van der Waals surface area contributed by atoms with Crippen molar-refractivity contribution < 1.29 is 14.3 Å². The predicted molar refractivity (Wildman–Crippen MR) is 118 cm³/mol. The summed E-state index contributed by atoms with van der Waals surface area (Å²) < 4.78 is 5.69. The molecule has 0 aliphatic rings. The third-order valence-electron chi connectivity index (χ3n) is 4.28. The quantitative estimate of drug-likeness (QED) is 0.357. The number of carbonyl (C=O) groups excluding carboxylic acids is 2. The van der Waals surface area contributed by atoms with Crippen LogP contribution in [0.15, 0.2) is 84.0 Å². The highest BCUT2D eigenvalue weighted by Gasteiger charge is 2.12. The van der Waals surface area contributed by atoms with Crippen LogP contribution in [-0.2, 0) is 9.59 Å². The van der Waals surface area contributed by atoms with Gasteiger partial charge in [0.15, 0.2) is 0 Å². The Bertz CT molecular complexity index is 1010. The van der Waals surface area contributed by atoms with Crippen molar-refractivity contribution in [2.75, 3.05) is 5.32 Å². The highest BCUT2D eigenvalue weighted by molar-refractivity contribution is 6.39. The van der Waals surface area contributed by atoms with E-state index in [1.807, 2.05) is 54.6 Å². The fourth-order valence-corrected chi connectivity index (χ4v) is 2.60. The molecule has 2 N–H and O–H groups in total. The second-order valence-corrected chi connectivity index (χ2v) is 6.91. The van der Waals surface area contributed by atoms with Crippen molar-refractivity contribution in [1.82, 2.24) is 5.43 Å². The number of hydrogen-bond acceptors (Lipinski definition) is 4. The average Bonchev–Trinajstić information content (AvgIpc) is 2.76. The summed E-state index contributed by atoms with van der Waals surface area (Å²) in [5, 5.41) is 6.36. The van der Waals surface area contributed by atoms with Crippen LogP contribution < -0.4 is 15.5 Å². The Hall–Kier alpha value is -3.93. The minimum atomic E-state index is -0.852. The lowest BCUT2D eigenvalue weighted by molar-refractivity contribution is -0.136. The summed E-state index contributed by atoms with van der Waals surface area (Å²) in [6.45, 7) is 4.23. The lowest BCUT2D eigenvalue weighted by atomic mass is 10.0. The molecule has 6 heteroatoms. The van der Waals surface area contributed by atoms with Gasteiger partial charge in [0, 0.05) is 5.69 Å². The van der Waals surface area contributed by atoms with Crippen LogP contribution in [0.4, 0.5) is 5.69 Å². The van der Waals surface area contributed by atoms with Gasteiger partial charge in [-0.25, -0.2) is 5.43 Å². The van der Waals surface area contributed by atoms with E-state index >= 15 is 0 Å². The Morgan fingerprint density at radius 1 is 0.833 bits per heavy atom. The van der Waals surface area contributed by atoms with Gasteiger partial charge in [0.1, 0.15) is 11.5 Å². The first-order valence-electron chi connectivity index (χ1n) is 9.58. The number of ether oxygens (including phenoxy) is 1. The van der Waals surface area contributed by atoms with Crippen LogP contribution in [0, 0.1) is 0 Å². The number of nitrogens with zero attached hydrogens (tertiary/aromatic N) is 1. The first kappa shape index (κ1) is 20.8. The minimum Gasteiger partial charge on any atom is -0.457 e. The number of benzene rings is 3. The highest BCUT2D eigenvalue weighted by atomic mass is 16.5. The first-order chi connectivity index (χ1) is 14.5. The number of rotatable bonds is 6. The van der Waals surface area contributed by atoms with Gasteiger partial charge in [-0.15, -0.1) is 0 Å². The molecule has 30 heavy (non-hydrogen) atoms. The van der Waals surface area contributed by atoms with Gasteiger partial charge in [0.05, 0.1) is 6.21 Å². The topological polar surface area (TPSA) is 79.8 Å². The maximum absolute atomic E-state index is 12.0. The molecule has 6 nitrogen and oxygen atoms in total. The van der Waals surface area contributed by atoms with Crippen molar-refractivity contribution in [3.05, 3.63) is 90.0 Å². The third kappa shape index (κ3) is 6.04. The molecular formula is C24H23N3O3. The van der Waals surface area contributed by atoms with Crippen molar-refractivity contribution in [3.8, 4) is 11.5 Å². The zero-order valence-electron chi connectivity index (χ0n) is 16.8. The van der Waals surface area contributed by atoms with E-state index in [2.05, 4.69) is 29.7 Å². The van der Waals surface area contributed by atoms with Gasteiger partial charge in [0.25, 0.3) is 0 Å². The molecule has 0 spiro atoms. The Labute approximate surface area is 175 Å². The molecule has 0 aliphatic heterocycles. The summed E-state index contributed by atoms with van der Waals surface area (Å²) in [7, 11) is 0. The van der Waals surface area contributed by atoms with Gasteiger partial charge in [0.2, 0.25) is 0 Å². The highest BCUT2D eigenvalue weighted by Crippen LogP contribution is 2.22. The molecule has 152 valence electrons. The second kappa shape index (κ2) is 10.0. The Morgan fingerprint density at radius 2 is 1.47 bits per heavy atom. The van der Waals surface area contributed by atoms with Crippen molar-refractivity contribution in [2.24, 2.45) is 5.10 Å². The van der Waals surface area contributed by atoms with E-state index in [0.717, 1.165) is 5.56 Å². The summed E-state index contributed by atoms with van der Waals surface area (Å²) in [6.07, 6.45) is 1.49. The monoisotopic (exact) mass is 401 g/mol. The SMILES string of the molecule is CC(C)c1ccc(/C=N\NC(=O)C(=O)Nc2ccc(Oc3ccccc3)cc2)cc1. The second-order valence-electron chi connectivity index (χ2n) is 6.91. The molecule has 0 radical (unpaired) electrons. The van der Waals surface area contributed by atoms with E-state index in [0.29, 0.717) is 23.1 Å². The minimum absolute atomic E-state index is 0.443. The lowest BCUT2D eigenvalue weighted by Crippen LogP contribution is -2.32. The number of nitrogens with one attached hydrogen (secondary N) is 2.